The van der Waals surface area contributed by atoms with E-state index in [0.717, 1.165) is 29.8 Å². The third-order valence-electron chi connectivity index (χ3n) is 4.04. The molecule has 0 saturated heterocycles. The zero-order chi connectivity index (χ0) is 17.1. The first kappa shape index (κ1) is 17.6. The molecule has 0 atom stereocenters. The third kappa shape index (κ3) is 5.14. The molecule has 0 aliphatic heterocycles. The second-order valence-electron chi connectivity index (χ2n) is 8.20. The Morgan fingerprint density at radius 2 is 1.43 bits per heavy atom. The molecule has 2 rings (SSSR count). The van der Waals surface area contributed by atoms with Crippen LogP contribution in [0, 0.1) is 5.41 Å². The second-order valence-corrected chi connectivity index (χ2v) is 8.20. The first-order valence-electron chi connectivity index (χ1n) is 8.29. The molecule has 124 valence electrons. The molecule has 23 heavy (non-hydrogen) atoms. The van der Waals surface area contributed by atoms with Crippen molar-refractivity contribution in [1.82, 2.24) is 9.97 Å². The summed E-state index contributed by atoms with van der Waals surface area (Å²) in [4.78, 5) is 9.22. The molecule has 0 spiro atoms. The highest BCUT2D eigenvalue weighted by atomic mass is 14.8. The Kier molecular flexibility index (Phi) is 5.20. The molecular weight excluding hydrogens is 282 g/mol. The summed E-state index contributed by atoms with van der Waals surface area (Å²) < 4.78 is 0. The lowest BCUT2D eigenvalue weighted by molar-refractivity contribution is 0.404. The van der Waals surface area contributed by atoms with Crippen LogP contribution in [0.2, 0.25) is 0 Å². The van der Waals surface area contributed by atoms with Crippen molar-refractivity contribution in [2.45, 2.75) is 59.4 Å². The predicted octanol–water partition coefficient (Wildman–Crippen LogP) is 4.04. The van der Waals surface area contributed by atoms with E-state index in [-0.39, 0.29) is 10.8 Å². The van der Waals surface area contributed by atoms with Gasteiger partial charge in [-0.2, -0.15) is 0 Å². The van der Waals surface area contributed by atoms with E-state index in [0.29, 0.717) is 6.54 Å². The van der Waals surface area contributed by atoms with Gasteiger partial charge in [-0.1, -0.05) is 58.9 Å². The van der Waals surface area contributed by atoms with E-state index in [4.69, 9.17) is 10.7 Å². The van der Waals surface area contributed by atoms with E-state index >= 15 is 0 Å². The van der Waals surface area contributed by atoms with Crippen molar-refractivity contribution in [3.63, 3.8) is 0 Å². The molecule has 0 fully saturated rings. The fourth-order valence-electron chi connectivity index (χ4n) is 2.81. The smallest absolute Gasteiger partial charge is 0.0598 e. The molecular formula is C20H29N3. The van der Waals surface area contributed by atoms with Gasteiger partial charge in [0, 0.05) is 25.4 Å². The topological polar surface area (TPSA) is 51.8 Å². The van der Waals surface area contributed by atoms with E-state index < -0.39 is 0 Å². The number of hydrogen-bond donors (Lipinski definition) is 1. The minimum absolute atomic E-state index is 0.0160. The number of benzene rings is 1. The van der Waals surface area contributed by atoms with Crippen molar-refractivity contribution in [2.75, 3.05) is 0 Å². The maximum Gasteiger partial charge on any atom is 0.0598 e. The Labute approximate surface area is 140 Å². The molecule has 3 nitrogen and oxygen atoms in total. The van der Waals surface area contributed by atoms with Crippen molar-refractivity contribution in [2.24, 2.45) is 11.1 Å². The summed E-state index contributed by atoms with van der Waals surface area (Å²) in [7, 11) is 0. The van der Waals surface area contributed by atoms with Gasteiger partial charge in [0.15, 0.2) is 0 Å². The van der Waals surface area contributed by atoms with Crippen molar-refractivity contribution in [1.29, 1.82) is 0 Å². The summed E-state index contributed by atoms with van der Waals surface area (Å²) >= 11 is 0. The van der Waals surface area contributed by atoms with Crippen LogP contribution in [0.5, 0.6) is 0 Å². The van der Waals surface area contributed by atoms with Crippen molar-refractivity contribution < 1.29 is 0 Å². The first-order valence-corrected chi connectivity index (χ1v) is 8.29. The summed E-state index contributed by atoms with van der Waals surface area (Å²) in [5, 5.41) is 0. The Bertz CT molecular complexity index is 637. The van der Waals surface area contributed by atoms with E-state index in [9.17, 15) is 0 Å². The fourth-order valence-corrected chi connectivity index (χ4v) is 2.81. The molecule has 1 heterocycles. The monoisotopic (exact) mass is 311 g/mol. The Morgan fingerprint density at radius 1 is 0.870 bits per heavy atom. The number of aromatic nitrogens is 2. The molecule has 0 amide bonds. The second kappa shape index (κ2) is 6.79. The van der Waals surface area contributed by atoms with E-state index in [1.807, 2.05) is 12.4 Å². The van der Waals surface area contributed by atoms with Crippen LogP contribution in [-0.4, -0.2) is 9.97 Å². The maximum absolute atomic E-state index is 5.68. The van der Waals surface area contributed by atoms with Crippen LogP contribution in [0.4, 0.5) is 0 Å². The van der Waals surface area contributed by atoms with E-state index in [1.165, 1.54) is 5.56 Å². The van der Waals surface area contributed by atoms with E-state index in [1.54, 1.807) is 0 Å². The fraction of sp³-hybridized carbons (Fsp3) is 0.500. The first-order chi connectivity index (χ1) is 10.7. The summed E-state index contributed by atoms with van der Waals surface area (Å²) in [6.07, 6.45) is 5.60. The minimum atomic E-state index is 0.0160. The molecule has 3 heteroatoms. The lowest BCUT2D eigenvalue weighted by atomic mass is 9.80. The molecule has 2 aromatic rings. The maximum atomic E-state index is 5.68. The van der Waals surface area contributed by atoms with Gasteiger partial charge in [0.1, 0.15) is 0 Å². The van der Waals surface area contributed by atoms with Crippen LogP contribution in [0.25, 0.3) is 0 Å². The largest absolute Gasteiger partial charge is 0.326 e. The highest BCUT2D eigenvalue weighted by molar-refractivity contribution is 5.29. The van der Waals surface area contributed by atoms with Gasteiger partial charge >= 0.3 is 0 Å². The molecule has 0 unspecified atom stereocenters. The number of nitrogens with two attached hydrogens (primary N) is 1. The third-order valence-corrected chi connectivity index (χ3v) is 4.04. The van der Waals surface area contributed by atoms with Crippen LogP contribution in [0.15, 0.2) is 36.7 Å². The van der Waals surface area contributed by atoms with Crippen LogP contribution < -0.4 is 5.73 Å². The number of nitrogens with zero attached hydrogens (tertiary/aromatic N) is 2. The molecule has 0 saturated carbocycles. The Balaban J connectivity index is 2.17. The number of rotatable bonds is 5. The molecule has 0 radical (unpaired) electrons. The highest BCUT2D eigenvalue weighted by Gasteiger charge is 2.22. The van der Waals surface area contributed by atoms with E-state index in [2.05, 4.69) is 63.9 Å². The van der Waals surface area contributed by atoms with Gasteiger partial charge in [-0.05, 0) is 28.4 Å². The molecule has 1 aromatic carbocycles. The van der Waals surface area contributed by atoms with Gasteiger partial charge in [-0.15, -0.1) is 0 Å². The van der Waals surface area contributed by atoms with Gasteiger partial charge in [0.2, 0.25) is 0 Å². The molecule has 0 aliphatic rings. The summed E-state index contributed by atoms with van der Waals surface area (Å²) in [6, 6.07) is 8.57. The SMILES string of the molecule is CC(C)(C)Cc1cncc(CC(C)(C)c2ccc(CN)cc2)n1. The Morgan fingerprint density at radius 3 is 1.96 bits per heavy atom. The van der Waals surface area contributed by atoms with Crippen LogP contribution in [0.3, 0.4) is 0 Å². The minimum Gasteiger partial charge on any atom is -0.326 e. The highest BCUT2D eigenvalue weighted by Crippen LogP contribution is 2.27. The quantitative estimate of drug-likeness (QED) is 0.906. The average Bonchev–Trinajstić information content (AvgIpc) is 2.45. The summed E-state index contributed by atoms with van der Waals surface area (Å²) in [5.74, 6) is 0. The molecule has 0 aliphatic carbocycles. The normalized spacial score (nSPS) is 12.4. The van der Waals surface area contributed by atoms with Gasteiger partial charge in [-0.25, -0.2) is 0 Å². The van der Waals surface area contributed by atoms with Crippen LogP contribution in [-0.2, 0) is 24.8 Å². The predicted molar refractivity (Wildman–Crippen MR) is 96.3 cm³/mol. The summed E-state index contributed by atoms with van der Waals surface area (Å²) in [6.45, 7) is 11.8. The van der Waals surface area contributed by atoms with Crippen LogP contribution in [0.1, 0.15) is 57.1 Å². The van der Waals surface area contributed by atoms with Gasteiger partial charge in [0.25, 0.3) is 0 Å². The molecule has 2 N–H and O–H groups in total. The average molecular weight is 311 g/mol. The zero-order valence-electron chi connectivity index (χ0n) is 15.1. The molecule has 1 aromatic heterocycles. The van der Waals surface area contributed by atoms with Gasteiger partial charge in [0.05, 0.1) is 11.4 Å². The van der Waals surface area contributed by atoms with Gasteiger partial charge < -0.3 is 5.73 Å². The van der Waals surface area contributed by atoms with Gasteiger partial charge in [-0.3, -0.25) is 9.97 Å². The Hall–Kier alpha value is -1.74. The molecule has 0 bridgehead atoms. The van der Waals surface area contributed by atoms with Crippen molar-refractivity contribution in [3.8, 4) is 0 Å². The summed E-state index contributed by atoms with van der Waals surface area (Å²) in [5.41, 5.74) is 10.5. The zero-order valence-corrected chi connectivity index (χ0v) is 15.1. The number of hydrogen-bond acceptors (Lipinski definition) is 3. The lowest BCUT2D eigenvalue weighted by Crippen LogP contribution is -2.22. The van der Waals surface area contributed by atoms with Crippen LogP contribution >= 0.6 is 0 Å². The standard InChI is InChI=1S/C20H29N3/c1-19(2,3)10-17-13-22-14-18(23-17)11-20(4,5)16-8-6-15(12-21)7-9-16/h6-9,13-14H,10-12,21H2,1-5H3. The van der Waals surface area contributed by atoms with Crippen molar-refractivity contribution in [3.05, 3.63) is 59.2 Å². The van der Waals surface area contributed by atoms with Crippen molar-refractivity contribution >= 4 is 0 Å². The lowest BCUT2D eigenvalue weighted by Gasteiger charge is -2.25.